The summed E-state index contributed by atoms with van der Waals surface area (Å²) >= 11 is 0. The van der Waals surface area contributed by atoms with Crippen LogP contribution in [0.2, 0.25) is 0 Å². The summed E-state index contributed by atoms with van der Waals surface area (Å²) in [5.41, 5.74) is -0.579. The van der Waals surface area contributed by atoms with E-state index in [0.29, 0.717) is 0 Å². The van der Waals surface area contributed by atoms with Crippen LogP contribution >= 0.6 is 0 Å². The van der Waals surface area contributed by atoms with Gasteiger partial charge in [0.1, 0.15) is 10.6 Å². The molecule has 1 aliphatic rings. The fraction of sp³-hybridized carbons (Fsp3) is 0. The molecule has 1 heterocycles. The predicted octanol–water partition coefficient (Wildman–Crippen LogP) is -0.360. The van der Waals surface area contributed by atoms with Crippen molar-refractivity contribution < 1.29 is 25.2 Å². The molecule has 0 radical (unpaired) electrons. The zero-order valence-corrected chi connectivity index (χ0v) is 7.69. The SMILES string of the molecule is O=C(C1=C/C(=C(\O)[N+](=O)[O-])C=CN1)N(O)O. The molecule has 1 aliphatic heterocycles. The third-order valence-corrected chi connectivity index (χ3v) is 1.64. The maximum absolute atomic E-state index is 11.0. The molecule has 0 saturated carbocycles. The highest BCUT2D eigenvalue weighted by molar-refractivity contribution is 5.92. The molecule has 0 fully saturated rings. The van der Waals surface area contributed by atoms with Gasteiger partial charge in [-0.25, -0.2) is 0 Å². The third kappa shape index (κ3) is 2.34. The molecular weight excluding hydrogens is 222 g/mol. The first-order chi connectivity index (χ1) is 7.43. The zero-order chi connectivity index (χ0) is 12.3. The highest BCUT2D eigenvalue weighted by Gasteiger charge is 2.21. The van der Waals surface area contributed by atoms with E-state index in [9.17, 15) is 14.9 Å². The summed E-state index contributed by atoms with van der Waals surface area (Å²) < 4.78 is 0. The number of carbonyl (C=O) groups is 1. The molecule has 0 aromatic rings. The minimum atomic E-state index is -1.22. The number of aliphatic hydroxyl groups is 1. The Hall–Kier alpha value is -2.39. The van der Waals surface area contributed by atoms with Gasteiger partial charge in [-0.3, -0.25) is 25.3 Å². The molecule has 4 N–H and O–H groups in total. The number of hydrogen-bond acceptors (Lipinski definition) is 7. The number of nitrogens with one attached hydrogen (secondary N) is 1. The van der Waals surface area contributed by atoms with E-state index in [1.807, 2.05) is 0 Å². The van der Waals surface area contributed by atoms with Gasteiger partial charge in [-0.05, 0) is 12.2 Å². The molecule has 0 aromatic carbocycles. The second-order valence-corrected chi connectivity index (χ2v) is 2.67. The maximum Gasteiger partial charge on any atom is 0.433 e. The first-order valence-electron chi connectivity index (χ1n) is 3.88. The molecular formula is C7H7N3O6. The van der Waals surface area contributed by atoms with Gasteiger partial charge in [0, 0.05) is 6.20 Å². The van der Waals surface area contributed by atoms with Crippen LogP contribution in [0.4, 0.5) is 0 Å². The summed E-state index contributed by atoms with van der Waals surface area (Å²) in [6, 6.07) is 0. The summed E-state index contributed by atoms with van der Waals surface area (Å²) in [5.74, 6) is -2.37. The first-order valence-corrected chi connectivity index (χ1v) is 3.88. The largest absolute Gasteiger partial charge is 0.456 e. The van der Waals surface area contributed by atoms with Crippen molar-refractivity contribution in [2.75, 3.05) is 0 Å². The number of allylic oxidation sites excluding steroid dienone is 3. The van der Waals surface area contributed by atoms with Crippen molar-refractivity contribution in [3.63, 3.8) is 0 Å². The van der Waals surface area contributed by atoms with Gasteiger partial charge >= 0.3 is 11.8 Å². The van der Waals surface area contributed by atoms with Crippen LogP contribution in [0.15, 0.2) is 35.5 Å². The number of hydrogen-bond donors (Lipinski definition) is 4. The smallest absolute Gasteiger partial charge is 0.433 e. The number of dihydropyridines is 1. The molecule has 16 heavy (non-hydrogen) atoms. The second kappa shape index (κ2) is 4.42. The Balaban J connectivity index is 3.06. The van der Waals surface area contributed by atoms with Crippen molar-refractivity contribution in [2.24, 2.45) is 0 Å². The lowest BCUT2D eigenvalue weighted by atomic mass is 10.1. The summed E-state index contributed by atoms with van der Waals surface area (Å²) in [6.45, 7) is 0. The van der Waals surface area contributed by atoms with Crippen molar-refractivity contribution in [1.82, 2.24) is 10.5 Å². The van der Waals surface area contributed by atoms with E-state index < -0.39 is 21.9 Å². The first kappa shape index (κ1) is 11.7. The van der Waals surface area contributed by atoms with Gasteiger partial charge in [-0.2, -0.15) is 0 Å². The van der Waals surface area contributed by atoms with Crippen molar-refractivity contribution >= 4 is 5.91 Å². The zero-order valence-electron chi connectivity index (χ0n) is 7.69. The lowest BCUT2D eigenvalue weighted by Gasteiger charge is -2.12. The molecule has 1 rings (SSSR count). The summed E-state index contributed by atoms with van der Waals surface area (Å²) in [4.78, 5) is 20.2. The monoisotopic (exact) mass is 229 g/mol. The Labute approximate surface area is 88.3 Å². The fourth-order valence-electron chi connectivity index (χ4n) is 0.942. The van der Waals surface area contributed by atoms with Crippen LogP contribution in [-0.2, 0) is 4.79 Å². The standard InChI is InChI=1S/C7H7N3O6/c11-6(9(13)14)4-1-2-8-5(3-4)7(12)10(15)16/h1-3,8,11,15-16H/b6-4-. The van der Waals surface area contributed by atoms with Crippen LogP contribution < -0.4 is 5.32 Å². The van der Waals surface area contributed by atoms with E-state index in [1.54, 1.807) is 0 Å². The van der Waals surface area contributed by atoms with Gasteiger partial charge < -0.3 is 10.4 Å². The second-order valence-electron chi connectivity index (χ2n) is 2.67. The van der Waals surface area contributed by atoms with Gasteiger partial charge in [-0.1, -0.05) is 5.23 Å². The molecule has 1 amide bonds. The molecule has 0 saturated heterocycles. The van der Waals surface area contributed by atoms with Crippen molar-refractivity contribution in [1.29, 1.82) is 0 Å². The van der Waals surface area contributed by atoms with Gasteiger partial charge in [0.25, 0.3) is 0 Å². The van der Waals surface area contributed by atoms with E-state index in [-0.39, 0.29) is 11.3 Å². The molecule has 0 aromatic heterocycles. The summed E-state index contributed by atoms with van der Waals surface area (Å²) in [7, 11) is 0. The number of carbonyl (C=O) groups excluding carboxylic acids is 1. The Morgan fingerprint density at radius 2 is 2.12 bits per heavy atom. The topological polar surface area (TPSA) is 136 Å². The lowest BCUT2D eigenvalue weighted by Crippen LogP contribution is -2.31. The highest BCUT2D eigenvalue weighted by atomic mass is 16.8. The number of amides is 1. The van der Waals surface area contributed by atoms with Crippen molar-refractivity contribution in [3.05, 3.63) is 45.6 Å². The molecule has 0 bridgehead atoms. The van der Waals surface area contributed by atoms with Crippen LogP contribution in [0.25, 0.3) is 0 Å². The molecule has 9 nitrogen and oxygen atoms in total. The van der Waals surface area contributed by atoms with Crippen molar-refractivity contribution in [2.45, 2.75) is 0 Å². The predicted molar refractivity (Wildman–Crippen MR) is 47.4 cm³/mol. The number of nitro groups is 1. The molecule has 0 unspecified atom stereocenters. The van der Waals surface area contributed by atoms with E-state index in [1.165, 1.54) is 0 Å². The quantitative estimate of drug-likeness (QED) is 0.219. The lowest BCUT2D eigenvalue weighted by molar-refractivity contribution is -0.459. The summed E-state index contributed by atoms with van der Waals surface area (Å²) in [6.07, 6.45) is 3.18. The normalized spacial score (nSPS) is 17.2. The van der Waals surface area contributed by atoms with Gasteiger partial charge in [-0.15, -0.1) is 0 Å². The Morgan fingerprint density at radius 3 is 2.62 bits per heavy atom. The number of rotatable bonds is 2. The highest BCUT2D eigenvalue weighted by Crippen LogP contribution is 2.13. The molecule has 0 aliphatic carbocycles. The molecule has 86 valence electrons. The fourth-order valence-corrected chi connectivity index (χ4v) is 0.942. The maximum atomic E-state index is 11.0. The van der Waals surface area contributed by atoms with Crippen LogP contribution in [0.3, 0.4) is 0 Å². The van der Waals surface area contributed by atoms with E-state index >= 15 is 0 Å². The number of nitrogens with zero attached hydrogens (tertiary/aromatic N) is 2. The molecule has 9 heteroatoms. The Morgan fingerprint density at radius 1 is 1.50 bits per heavy atom. The van der Waals surface area contributed by atoms with E-state index in [0.717, 1.165) is 18.4 Å². The van der Waals surface area contributed by atoms with Crippen LogP contribution in [0, 0.1) is 10.1 Å². The van der Waals surface area contributed by atoms with Crippen LogP contribution in [0.1, 0.15) is 0 Å². The van der Waals surface area contributed by atoms with Crippen LogP contribution in [0.5, 0.6) is 0 Å². The minimum Gasteiger partial charge on any atom is -0.456 e. The average molecular weight is 229 g/mol. The van der Waals surface area contributed by atoms with Gasteiger partial charge in [0.2, 0.25) is 0 Å². The number of hydroxylamine groups is 2. The Bertz CT molecular complexity index is 422. The average Bonchev–Trinajstić information content (AvgIpc) is 2.26. The van der Waals surface area contributed by atoms with E-state index in [2.05, 4.69) is 5.32 Å². The van der Waals surface area contributed by atoms with Gasteiger partial charge in [0.05, 0.1) is 5.57 Å². The summed E-state index contributed by atoms with van der Waals surface area (Å²) in [5, 5.41) is 37.7. The number of aliphatic hydroxyl groups excluding tert-OH is 1. The third-order valence-electron chi connectivity index (χ3n) is 1.64. The van der Waals surface area contributed by atoms with Gasteiger partial charge in [0.15, 0.2) is 0 Å². The van der Waals surface area contributed by atoms with Crippen molar-refractivity contribution in [3.8, 4) is 0 Å². The van der Waals surface area contributed by atoms with E-state index in [4.69, 9.17) is 15.5 Å². The molecule has 0 spiro atoms. The van der Waals surface area contributed by atoms with Crippen LogP contribution in [-0.4, -0.2) is 31.6 Å². The minimum absolute atomic E-state index is 0.242. The Kier molecular flexibility index (Phi) is 3.23. The molecule has 0 atom stereocenters.